The predicted molar refractivity (Wildman–Crippen MR) is 63.5 cm³/mol. The predicted octanol–water partition coefficient (Wildman–Crippen LogP) is 3.03. The van der Waals surface area contributed by atoms with Crippen LogP contribution in [0.3, 0.4) is 0 Å². The van der Waals surface area contributed by atoms with Crippen LogP contribution < -0.4 is 0 Å². The topological polar surface area (TPSA) is 56.9 Å². The molecule has 0 aliphatic rings. The van der Waals surface area contributed by atoms with Crippen LogP contribution in [-0.2, 0) is 0 Å². The molecule has 76 valence electrons. The van der Waals surface area contributed by atoms with Gasteiger partial charge in [0.05, 0.1) is 21.8 Å². The van der Waals surface area contributed by atoms with E-state index in [-0.39, 0.29) is 5.88 Å². The van der Waals surface area contributed by atoms with Crippen molar-refractivity contribution in [3.05, 3.63) is 36.0 Å². The van der Waals surface area contributed by atoms with E-state index in [4.69, 9.17) is 5.26 Å². The molecule has 0 radical (unpaired) electrons. The number of pyridine rings is 1. The van der Waals surface area contributed by atoms with Gasteiger partial charge in [-0.3, -0.25) is 0 Å². The Morgan fingerprint density at radius 1 is 1.31 bits per heavy atom. The maximum atomic E-state index is 9.76. The molecule has 0 fully saturated rings. The summed E-state index contributed by atoms with van der Waals surface area (Å²) in [5.41, 5.74) is 0.508. The molecule has 0 spiro atoms. The summed E-state index contributed by atoms with van der Waals surface area (Å²) in [4.78, 5) is 3.84. The number of nitriles is 1. The Hall–Kier alpha value is -2.12. The fourth-order valence-electron chi connectivity index (χ4n) is 1.79. The van der Waals surface area contributed by atoms with Crippen molar-refractivity contribution in [3.8, 4) is 11.9 Å². The van der Waals surface area contributed by atoms with Gasteiger partial charge in [-0.15, -0.1) is 11.3 Å². The molecular formula is C12H6N2OS. The van der Waals surface area contributed by atoms with Crippen LogP contribution in [0.5, 0.6) is 5.88 Å². The van der Waals surface area contributed by atoms with Crippen molar-refractivity contribution in [2.75, 3.05) is 0 Å². The molecule has 0 bridgehead atoms. The third-order valence-corrected chi connectivity index (χ3v) is 3.70. The van der Waals surface area contributed by atoms with E-state index in [1.165, 1.54) is 17.5 Å². The summed E-state index contributed by atoms with van der Waals surface area (Å²) in [7, 11) is 0. The monoisotopic (exact) mass is 226 g/mol. The number of benzene rings is 1. The fourth-order valence-corrected chi connectivity index (χ4v) is 2.94. The van der Waals surface area contributed by atoms with E-state index < -0.39 is 0 Å². The number of hydrogen-bond acceptors (Lipinski definition) is 4. The third kappa shape index (κ3) is 1.09. The molecule has 2 heterocycles. The molecule has 0 saturated heterocycles. The Morgan fingerprint density at radius 3 is 2.94 bits per heavy atom. The summed E-state index contributed by atoms with van der Waals surface area (Å²) in [5, 5.41) is 20.4. The first-order chi connectivity index (χ1) is 7.81. The Balaban J connectivity index is 2.64. The van der Waals surface area contributed by atoms with Crippen molar-refractivity contribution >= 4 is 31.5 Å². The van der Waals surface area contributed by atoms with Crippen LogP contribution in [-0.4, -0.2) is 10.1 Å². The van der Waals surface area contributed by atoms with Crippen LogP contribution in [0.1, 0.15) is 5.56 Å². The number of thiophene rings is 1. The minimum atomic E-state index is -0.00792. The van der Waals surface area contributed by atoms with Gasteiger partial charge < -0.3 is 5.11 Å². The maximum absolute atomic E-state index is 9.76. The summed E-state index contributed by atoms with van der Waals surface area (Å²) in [5.74, 6) is -0.00792. The van der Waals surface area contributed by atoms with Crippen LogP contribution in [0.4, 0.5) is 0 Å². The van der Waals surface area contributed by atoms with E-state index in [2.05, 4.69) is 11.1 Å². The molecule has 0 aliphatic carbocycles. The molecule has 0 aliphatic heterocycles. The first-order valence-corrected chi connectivity index (χ1v) is 5.52. The summed E-state index contributed by atoms with van der Waals surface area (Å²) >= 11 is 1.50. The highest BCUT2D eigenvalue weighted by molar-refractivity contribution is 7.26. The Kier molecular flexibility index (Phi) is 1.82. The van der Waals surface area contributed by atoms with Crippen LogP contribution in [0.2, 0.25) is 0 Å². The largest absolute Gasteiger partial charge is 0.493 e. The molecular weight excluding hydrogens is 220 g/mol. The zero-order valence-corrected chi connectivity index (χ0v) is 8.95. The van der Waals surface area contributed by atoms with E-state index in [1.807, 2.05) is 24.3 Å². The first kappa shape index (κ1) is 9.13. The first-order valence-electron chi connectivity index (χ1n) is 4.70. The molecule has 3 rings (SSSR count). The number of aromatic hydroxyl groups is 1. The average molecular weight is 226 g/mol. The normalized spacial score (nSPS) is 10.7. The summed E-state index contributed by atoms with van der Waals surface area (Å²) in [6.07, 6.45) is 1.41. The smallest absolute Gasteiger partial charge is 0.220 e. The van der Waals surface area contributed by atoms with E-state index in [0.717, 1.165) is 14.8 Å². The second-order valence-electron chi connectivity index (χ2n) is 3.41. The number of hydrogen-bond donors (Lipinski definition) is 1. The van der Waals surface area contributed by atoms with Gasteiger partial charge in [-0.2, -0.15) is 5.26 Å². The molecule has 2 aromatic heterocycles. The highest BCUT2D eigenvalue weighted by Gasteiger charge is 2.12. The molecule has 4 heteroatoms. The third-order valence-electron chi connectivity index (χ3n) is 2.50. The van der Waals surface area contributed by atoms with Crippen LogP contribution in [0.25, 0.3) is 20.2 Å². The number of aromatic nitrogens is 1. The van der Waals surface area contributed by atoms with E-state index in [9.17, 15) is 5.11 Å². The number of rotatable bonds is 0. The van der Waals surface area contributed by atoms with Crippen molar-refractivity contribution in [2.24, 2.45) is 0 Å². The van der Waals surface area contributed by atoms with Gasteiger partial charge in [0, 0.05) is 10.1 Å². The Bertz CT molecular complexity index is 740. The quantitative estimate of drug-likeness (QED) is 0.641. The van der Waals surface area contributed by atoms with E-state index >= 15 is 0 Å². The summed E-state index contributed by atoms with van der Waals surface area (Å²) < 4.78 is 1.86. The van der Waals surface area contributed by atoms with Crippen molar-refractivity contribution in [1.82, 2.24) is 4.98 Å². The lowest BCUT2D eigenvalue weighted by atomic mass is 10.1. The lowest BCUT2D eigenvalue weighted by Gasteiger charge is -1.95. The zero-order chi connectivity index (χ0) is 11.1. The highest BCUT2D eigenvalue weighted by atomic mass is 32.1. The van der Waals surface area contributed by atoms with E-state index in [0.29, 0.717) is 10.9 Å². The second kappa shape index (κ2) is 3.19. The van der Waals surface area contributed by atoms with Crippen LogP contribution >= 0.6 is 11.3 Å². The Labute approximate surface area is 95.2 Å². The van der Waals surface area contributed by atoms with Gasteiger partial charge in [0.15, 0.2) is 0 Å². The molecule has 0 saturated carbocycles. The van der Waals surface area contributed by atoms with Gasteiger partial charge >= 0.3 is 0 Å². The minimum Gasteiger partial charge on any atom is -0.493 e. The maximum Gasteiger partial charge on any atom is 0.220 e. The molecule has 0 atom stereocenters. The lowest BCUT2D eigenvalue weighted by Crippen LogP contribution is -1.80. The van der Waals surface area contributed by atoms with Gasteiger partial charge in [-0.25, -0.2) is 4.98 Å². The standard InChI is InChI=1S/C12H6N2OS/c13-5-7-6-14-12(15)10-8-3-1-2-4-9(8)16-11(7)10/h1-4,6H,(H,14,15). The Morgan fingerprint density at radius 2 is 2.12 bits per heavy atom. The van der Waals surface area contributed by atoms with Crippen LogP contribution in [0.15, 0.2) is 30.5 Å². The number of nitrogens with zero attached hydrogens (tertiary/aromatic N) is 2. The fraction of sp³-hybridized carbons (Fsp3) is 0. The lowest BCUT2D eigenvalue weighted by molar-refractivity contribution is 0.461. The van der Waals surface area contributed by atoms with Crippen molar-refractivity contribution < 1.29 is 5.11 Å². The SMILES string of the molecule is N#Cc1cnc(O)c2c1sc1ccccc12. The molecule has 3 aromatic rings. The van der Waals surface area contributed by atoms with Gasteiger partial charge in [0.2, 0.25) is 5.88 Å². The summed E-state index contributed by atoms with van der Waals surface area (Å²) in [6.45, 7) is 0. The second-order valence-corrected chi connectivity index (χ2v) is 4.46. The van der Waals surface area contributed by atoms with Gasteiger partial charge in [0.25, 0.3) is 0 Å². The van der Waals surface area contributed by atoms with E-state index in [1.54, 1.807) is 0 Å². The molecule has 1 N–H and O–H groups in total. The average Bonchev–Trinajstić information content (AvgIpc) is 2.69. The minimum absolute atomic E-state index is 0.00792. The van der Waals surface area contributed by atoms with Gasteiger partial charge in [-0.1, -0.05) is 18.2 Å². The molecule has 1 aromatic carbocycles. The number of fused-ring (bicyclic) bond motifs is 3. The molecule has 3 nitrogen and oxygen atoms in total. The highest BCUT2D eigenvalue weighted by Crippen LogP contribution is 2.39. The van der Waals surface area contributed by atoms with Crippen molar-refractivity contribution in [2.45, 2.75) is 0 Å². The summed E-state index contributed by atoms with van der Waals surface area (Å²) in [6, 6.07) is 9.84. The van der Waals surface area contributed by atoms with Crippen LogP contribution in [0, 0.1) is 11.3 Å². The molecule has 16 heavy (non-hydrogen) atoms. The van der Waals surface area contributed by atoms with Crippen molar-refractivity contribution in [1.29, 1.82) is 5.26 Å². The molecule has 0 unspecified atom stereocenters. The molecule has 0 amide bonds. The van der Waals surface area contributed by atoms with Crippen molar-refractivity contribution in [3.63, 3.8) is 0 Å². The van der Waals surface area contributed by atoms with Gasteiger partial charge in [-0.05, 0) is 6.07 Å². The van der Waals surface area contributed by atoms with Gasteiger partial charge in [0.1, 0.15) is 6.07 Å². The zero-order valence-electron chi connectivity index (χ0n) is 8.14.